The summed E-state index contributed by atoms with van der Waals surface area (Å²) in [6.45, 7) is 5.72. The predicted octanol–water partition coefficient (Wildman–Crippen LogP) is 2.49. The zero-order valence-corrected chi connectivity index (χ0v) is 20.2. The second-order valence-electron chi connectivity index (χ2n) is 8.02. The molecule has 0 saturated heterocycles. The molecule has 0 aliphatic carbocycles. The Morgan fingerprint density at radius 1 is 1.25 bits per heavy atom. The number of nitrogens with zero attached hydrogens (tertiary/aromatic N) is 6. The molecule has 3 aromatic rings. The summed E-state index contributed by atoms with van der Waals surface area (Å²) in [6.07, 6.45) is 2.72. The number of aliphatic hydroxyl groups is 1. The zero-order valence-electron chi connectivity index (χ0n) is 18.6. The molecule has 2 N–H and O–H groups in total. The topological polar surface area (TPSA) is 130 Å². The lowest BCUT2D eigenvalue weighted by Gasteiger charge is -2.31. The van der Waals surface area contributed by atoms with E-state index in [0.717, 1.165) is 30.7 Å². The van der Waals surface area contributed by atoms with Gasteiger partial charge in [-0.15, -0.1) is 10.2 Å². The molecule has 2 heterocycles. The van der Waals surface area contributed by atoms with E-state index < -0.39 is 15.6 Å². The summed E-state index contributed by atoms with van der Waals surface area (Å²) < 4.78 is 29.5. The number of hydrogen-bond acceptors (Lipinski definition) is 7. The van der Waals surface area contributed by atoms with E-state index in [2.05, 4.69) is 32.5 Å². The van der Waals surface area contributed by atoms with Crippen molar-refractivity contribution in [2.45, 2.75) is 63.6 Å². The number of hydrogen-bond donors (Lipinski definition) is 2. The van der Waals surface area contributed by atoms with Crippen LogP contribution in [0.15, 0.2) is 29.2 Å². The van der Waals surface area contributed by atoms with Gasteiger partial charge < -0.3 is 9.67 Å². The van der Waals surface area contributed by atoms with Crippen LogP contribution in [0.4, 0.5) is 0 Å². The molecule has 1 aromatic carbocycles. The molecule has 0 bridgehead atoms. The standard InChI is InChI=1S/C20H28ClN7O3S/c1-5-6-7-17-22-18(21)16(13-29)28(17)12-14-8-10-15(11-9-14)32(30,31)27(4)20(2,3)19-23-25-26-24-19/h8-11,29H,5-7,12-13H2,1-4H3,(H,23,24,25,26). The highest BCUT2D eigenvalue weighted by Gasteiger charge is 2.38. The van der Waals surface area contributed by atoms with Gasteiger partial charge in [-0.3, -0.25) is 0 Å². The minimum absolute atomic E-state index is 0.151. The Morgan fingerprint density at radius 3 is 2.50 bits per heavy atom. The molecule has 0 aliphatic heterocycles. The van der Waals surface area contributed by atoms with Crippen LogP contribution in [0.1, 0.15) is 56.5 Å². The Bertz CT molecular complexity index is 1140. The molecular weight excluding hydrogens is 454 g/mol. The first-order chi connectivity index (χ1) is 15.1. The van der Waals surface area contributed by atoms with Gasteiger partial charge in [0.05, 0.1) is 22.7 Å². The molecule has 12 heteroatoms. The highest BCUT2D eigenvalue weighted by Crippen LogP contribution is 2.29. The molecule has 0 atom stereocenters. The van der Waals surface area contributed by atoms with E-state index in [1.165, 1.54) is 11.4 Å². The SMILES string of the molecule is CCCCc1nc(Cl)c(CO)n1Cc1ccc(S(=O)(=O)N(C)C(C)(C)c2nn[nH]n2)cc1. The smallest absolute Gasteiger partial charge is 0.243 e. The maximum atomic E-state index is 13.2. The molecule has 10 nitrogen and oxygen atoms in total. The molecule has 0 radical (unpaired) electrons. The minimum Gasteiger partial charge on any atom is -0.390 e. The minimum atomic E-state index is -3.81. The van der Waals surface area contributed by atoms with Gasteiger partial charge in [-0.1, -0.05) is 42.3 Å². The number of benzene rings is 1. The fraction of sp³-hybridized carbons (Fsp3) is 0.500. The maximum Gasteiger partial charge on any atom is 0.243 e. The summed E-state index contributed by atoms with van der Waals surface area (Å²) in [4.78, 5) is 4.54. The Hall–Kier alpha value is -2.34. The molecule has 174 valence electrons. The van der Waals surface area contributed by atoms with Gasteiger partial charge in [-0.2, -0.15) is 9.52 Å². The monoisotopic (exact) mass is 481 g/mol. The number of H-pyrrole nitrogens is 1. The van der Waals surface area contributed by atoms with Gasteiger partial charge in [-0.05, 0) is 38.0 Å². The summed E-state index contributed by atoms with van der Waals surface area (Å²) in [5, 5.41) is 23.8. The van der Waals surface area contributed by atoms with Crippen LogP contribution in [0.5, 0.6) is 0 Å². The van der Waals surface area contributed by atoms with E-state index >= 15 is 0 Å². The fourth-order valence-corrected chi connectivity index (χ4v) is 5.08. The van der Waals surface area contributed by atoms with Crippen molar-refractivity contribution in [3.8, 4) is 0 Å². The average Bonchev–Trinajstić information content (AvgIpc) is 3.41. The number of aromatic nitrogens is 6. The zero-order chi connectivity index (χ0) is 23.5. The summed E-state index contributed by atoms with van der Waals surface area (Å²) in [7, 11) is -2.32. The van der Waals surface area contributed by atoms with E-state index in [0.29, 0.717) is 17.4 Å². The Balaban J connectivity index is 1.85. The van der Waals surface area contributed by atoms with Gasteiger partial charge in [0.15, 0.2) is 11.0 Å². The third-order valence-corrected chi connectivity index (χ3v) is 7.96. The lowest BCUT2D eigenvalue weighted by atomic mass is 10.1. The second-order valence-corrected chi connectivity index (χ2v) is 10.4. The number of sulfonamides is 1. The quantitative estimate of drug-likeness (QED) is 0.455. The summed E-state index contributed by atoms with van der Waals surface area (Å²) >= 11 is 6.21. The molecule has 0 amide bonds. The van der Waals surface area contributed by atoms with Crippen molar-refractivity contribution in [3.63, 3.8) is 0 Å². The Morgan fingerprint density at radius 2 is 1.94 bits per heavy atom. The van der Waals surface area contributed by atoms with Crippen molar-refractivity contribution in [1.82, 2.24) is 34.5 Å². The van der Waals surface area contributed by atoms with Gasteiger partial charge in [0.1, 0.15) is 5.82 Å². The number of halogens is 1. The van der Waals surface area contributed by atoms with E-state index in [-0.39, 0.29) is 17.3 Å². The van der Waals surface area contributed by atoms with E-state index in [1.807, 2.05) is 4.57 Å². The van der Waals surface area contributed by atoms with Gasteiger partial charge in [0.2, 0.25) is 10.0 Å². The number of rotatable bonds is 10. The van der Waals surface area contributed by atoms with Crippen molar-refractivity contribution in [3.05, 3.63) is 52.3 Å². The summed E-state index contributed by atoms with van der Waals surface area (Å²) in [5.74, 6) is 1.08. The average molecular weight is 482 g/mol. The third-order valence-electron chi connectivity index (χ3n) is 5.61. The van der Waals surface area contributed by atoms with Crippen LogP contribution in [-0.4, -0.2) is 55.1 Å². The first-order valence-electron chi connectivity index (χ1n) is 10.3. The van der Waals surface area contributed by atoms with Crippen molar-refractivity contribution in [2.24, 2.45) is 0 Å². The number of imidazole rings is 1. The number of nitrogens with one attached hydrogen (secondary N) is 1. The summed E-state index contributed by atoms with van der Waals surface area (Å²) in [5.41, 5.74) is 0.420. The first kappa shape index (κ1) is 24.3. The van der Waals surface area contributed by atoms with Gasteiger partial charge in [0.25, 0.3) is 0 Å². The third kappa shape index (κ3) is 4.70. The molecule has 32 heavy (non-hydrogen) atoms. The first-order valence-corrected chi connectivity index (χ1v) is 12.1. The van der Waals surface area contributed by atoms with E-state index in [9.17, 15) is 13.5 Å². The maximum absolute atomic E-state index is 13.2. The summed E-state index contributed by atoms with van der Waals surface area (Å²) in [6, 6.07) is 6.63. The molecule has 2 aromatic heterocycles. The molecule has 3 rings (SSSR count). The van der Waals surface area contributed by atoms with Gasteiger partial charge in [0, 0.05) is 20.0 Å². The lowest BCUT2D eigenvalue weighted by Crippen LogP contribution is -2.43. The van der Waals surface area contributed by atoms with Crippen LogP contribution in [0, 0.1) is 0 Å². The number of tetrazole rings is 1. The van der Waals surface area contributed by atoms with Crippen molar-refractivity contribution in [2.75, 3.05) is 7.05 Å². The van der Waals surface area contributed by atoms with Gasteiger partial charge >= 0.3 is 0 Å². The second kappa shape index (κ2) is 9.65. The largest absolute Gasteiger partial charge is 0.390 e. The van der Waals surface area contributed by atoms with Gasteiger partial charge in [-0.25, -0.2) is 13.4 Å². The fourth-order valence-electron chi connectivity index (χ4n) is 3.34. The van der Waals surface area contributed by atoms with Crippen LogP contribution < -0.4 is 0 Å². The normalized spacial score (nSPS) is 12.6. The number of aryl methyl sites for hydroxylation is 1. The van der Waals surface area contributed by atoms with Crippen LogP contribution in [0.2, 0.25) is 5.15 Å². The van der Waals surface area contributed by atoms with Crippen molar-refractivity contribution >= 4 is 21.6 Å². The van der Waals surface area contributed by atoms with Crippen molar-refractivity contribution in [1.29, 1.82) is 0 Å². The number of unbranched alkanes of at least 4 members (excludes halogenated alkanes) is 1. The van der Waals surface area contributed by atoms with Crippen LogP contribution in [0.3, 0.4) is 0 Å². The molecule has 0 fully saturated rings. The molecule has 0 spiro atoms. The number of aliphatic hydroxyl groups excluding tert-OH is 1. The Kier molecular flexibility index (Phi) is 7.33. The highest BCUT2D eigenvalue weighted by molar-refractivity contribution is 7.89. The van der Waals surface area contributed by atoms with E-state index in [1.54, 1.807) is 38.1 Å². The molecular formula is C20H28ClN7O3S. The number of aromatic amines is 1. The Labute approximate surface area is 192 Å². The van der Waals surface area contributed by atoms with Crippen LogP contribution in [0.25, 0.3) is 0 Å². The predicted molar refractivity (Wildman–Crippen MR) is 119 cm³/mol. The molecule has 0 aliphatic rings. The lowest BCUT2D eigenvalue weighted by molar-refractivity contribution is 0.255. The van der Waals surface area contributed by atoms with Crippen molar-refractivity contribution < 1.29 is 13.5 Å². The molecule has 0 saturated carbocycles. The highest BCUT2D eigenvalue weighted by atomic mass is 35.5. The van der Waals surface area contributed by atoms with E-state index in [4.69, 9.17) is 11.6 Å². The molecule has 0 unspecified atom stereocenters. The van der Waals surface area contributed by atoms with Crippen LogP contribution >= 0.6 is 11.6 Å². The van der Waals surface area contributed by atoms with Crippen LogP contribution in [-0.2, 0) is 35.1 Å².